The van der Waals surface area contributed by atoms with Crippen molar-refractivity contribution >= 4 is 17.3 Å². The van der Waals surface area contributed by atoms with Crippen molar-refractivity contribution in [3.05, 3.63) is 76.1 Å². The Morgan fingerprint density at radius 2 is 1.97 bits per heavy atom. The zero-order valence-corrected chi connectivity index (χ0v) is 16.8. The summed E-state index contributed by atoms with van der Waals surface area (Å²) in [5.74, 6) is 2.11. The third-order valence-electron chi connectivity index (χ3n) is 4.45. The van der Waals surface area contributed by atoms with Crippen LogP contribution in [0.1, 0.15) is 11.1 Å². The second-order valence-corrected chi connectivity index (χ2v) is 6.39. The lowest BCUT2D eigenvalue weighted by atomic mass is 10.2. The molecule has 9 heteroatoms. The van der Waals surface area contributed by atoms with Gasteiger partial charge in [0, 0.05) is 43.2 Å². The van der Waals surface area contributed by atoms with Crippen molar-refractivity contribution in [2.24, 2.45) is 0 Å². The van der Waals surface area contributed by atoms with Gasteiger partial charge in [-0.1, -0.05) is 6.07 Å². The number of hydrogen-bond acceptors (Lipinski definition) is 8. The maximum atomic E-state index is 11.4. The van der Waals surface area contributed by atoms with Crippen molar-refractivity contribution in [1.29, 1.82) is 0 Å². The van der Waals surface area contributed by atoms with Gasteiger partial charge in [-0.25, -0.2) is 4.98 Å². The smallest absolute Gasteiger partial charge is 0.311 e. The van der Waals surface area contributed by atoms with E-state index in [-0.39, 0.29) is 11.5 Å². The summed E-state index contributed by atoms with van der Waals surface area (Å²) < 4.78 is 10.6. The minimum absolute atomic E-state index is 0.0752. The molecule has 2 aromatic heterocycles. The fourth-order valence-corrected chi connectivity index (χ4v) is 2.88. The van der Waals surface area contributed by atoms with Crippen LogP contribution >= 0.6 is 0 Å². The Bertz CT molecular complexity index is 998. The summed E-state index contributed by atoms with van der Waals surface area (Å²) in [6, 6.07) is 12.4. The minimum Gasteiger partial charge on any atom is -0.497 e. The van der Waals surface area contributed by atoms with Crippen LogP contribution in [0.4, 0.5) is 17.3 Å². The Hall–Kier alpha value is -3.88. The Morgan fingerprint density at radius 3 is 2.67 bits per heavy atom. The molecule has 0 aliphatic rings. The summed E-state index contributed by atoms with van der Waals surface area (Å²) in [7, 11) is 3.18. The summed E-state index contributed by atoms with van der Waals surface area (Å²) in [5.41, 5.74) is 1.87. The summed E-state index contributed by atoms with van der Waals surface area (Å²) >= 11 is 0. The molecule has 0 atom stereocenters. The van der Waals surface area contributed by atoms with E-state index < -0.39 is 4.92 Å². The van der Waals surface area contributed by atoms with Crippen molar-refractivity contribution in [2.45, 2.75) is 13.0 Å². The van der Waals surface area contributed by atoms with Crippen LogP contribution in [0.25, 0.3) is 0 Å². The first-order chi connectivity index (χ1) is 14.6. The van der Waals surface area contributed by atoms with Crippen LogP contribution in [0.2, 0.25) is 0 Å². The molecule has 0 fully saturated rings. The number of anilines is 2. The second-order valence-electron chi connectivity index (χ2n) is 6.39. The quantitative estimate of drug-likeness (QED) is 0.385. The van der Waals surface area contributed by atoms with Gasteiger partial charge in [-0.2, -0.15) is 0 Å². The standard InChI is InChI=1S/C21H23N5O4/c1-29-17-6-5-16(19(12-17)30-2)14-24-20-8-7-18(26(27)28)21(25-20)23-11-9-15-4-3-10-22-13-15/h3-8,10,12-13H,9,11,14H2,1-2H3,(H2,23,24,25). The number of benzene rings is 1. The predicted molar refractivity (Wildman–Crippen MR) is 114 cm³/mol. The highest BCUT2D eigenvalue weighted by Gasteiger charge is 2.16. The molecule has 2 heterocycles. The fourth-order valence-electron chi connectivity index (χ4n) is 2.88. The van der Waals surface area contributed by atoms with Gasteiger partial charge in [0.1, 0.15) is 17.3 Å². The Balaban J connectivity index is 1.70. The van der Waals surface area contributed by atoms with E-state index in [2.05, 4.69) is 20.6 Å². The van der Waals surface area contributed by atoms with Gasteiger partial charge in [0.15, 0.2) is 0 Å². The lowest BCUT2D eigenvalue weighted by Gasteiger charge is -2.13. The lowest BCUT2D eigenvalue weighted by Crippen LogP contribution is -2.10. The normalized spacial score (nSPS) is 10.3. The van der Waals surface area contributed by atoms with Crippen LogP contribution in [0.3, 0.4) is 0 Å². The number of rotatable bonds is 10. The van der Waals surface area contributed by atoms with Crippen molar-refractivity contribution in [1.82, 2.24) is 9.97 Å². The first kappa shape index (κ1) is 20.8. The molecule has 0 bridgehead atoms. The van der Waals surface area contributed by atoms with E-state index in [0.717, 1.165) is 11.1 Å². The van der Waals surface area contributed by atoms with Gasteiger partial charge in [0.2, 0.25) is 5.82 Å². The molecule has 0 amide bonds. The zero-order chi connectivity index (χ0) is 21.3. The average molecular weight is 409 g/mol. The molecule has 30 heavy (non-hydrogen) atoms. The molecule has 3 rings (SSSR count). The highest BCUT2D eigenvalue weighted by atomic mass is 16.6. The number of nitrogens with zero attached hydrogens (tertiary/aromatic N) is 3. The number of ether oxygens (including phenoxy) is 2. The number of pyridine rings is 2. The molecule has 0 radical (unpaired) electrons. The van der Waals surface area contributed by atoms with E-state index in [9.17, 15) is 10.1 Å². The fraction of sp³-hybridized carbons (Fsp3) is 0.238. The van der Waals surface area contributed by atoms with Crippen LogP contribution in [-0.4, -0.2) is 35.7 Å². The molecule has 3 aromatic rings. The average Bonchev–Trinajstić information content (AvgIpc) is 2.78. The second kappa shape index (κ2) is 10.1. The Morgan fingerprint density at radius 1 is 1.10 bits per heavy atom. The van der Waals surface area contributed by atoms with Gasteiger partial charge < -0.3 is 20.1 Å². The Kier molecular flexibility index (Phi) is 6.99. The zero-order valence-electron chi connectivity index (χ0n) is 16.8. The summed E-state index contributed by atoms with van der Waals surface area (Å²) in [4.78, 5) is 19.4. The van der Waals surface area contributed by atoms with Gasteiger partial charge in [0.25, 0.3) is 0 Å². The monoisotopic (exact) mass is 409 g/mol. The molecule has 0 saturated heterocycles. The van der Waals surface area contributed by atoms with E-state index in [1.54, 1.807) is 38.7 Å². The topological polar surface area (TPSA) is 111 Å². The number of methoxy groups -OCH3 is 2. The van der Waals surface area contributed by atoms with Crippen molar-refractivity contribution < 1.29 is 14.4 Å². The van der Waals surface area contributed by atoms with Gasteiger partial charge >= 0.3 is 5.69 Å². The van der Waals surface area contributed by atoms with Crippen LogP contribution in [-0.2, 0) is 13.0 Å². The SMILES string of the molecule is COc1ccc(CNc2ccc([N+](=O)[O-])c(NCCc3cccnc3)n2)c(OC)c1. The molecule has 0 unspecified atom stereocenters. The van der Waals surface area contributed by atoms with Crippen molar-refractivity contribution in [3.8, 4) is 11.5 Å². The lowest BCUT2D eigenvalue weighted by molar-refractivity contribution is -0.384. The predicted octanol–water partition coefficient (Wildman–Crippen LogP) is 3.67. The largest absolute Gasteiger partial charge is 0.497 e. The molecule has 0 spiro atoms. The van der Waals surface area contributed by atoms with Crippen LogP contribution in [0.15, 0.2) is 54.9 Å². The number of aromatic nitrogens is 2. The van der Waals surface area contributed by atoms with E-state index in [4.69, 9.17) is 9.47 Å². The maximum Gasteiger partial charge on any atom is 0.311 e. The molecule has 0 aliphatic heterocycles. The van der Waals surface area contributed by atoms with Gasteiger partial charge in [-0.3, -0.25) is 15.1 Å². The minimum atomic E-state index is -0.449. The van der Waals surface area contributed by atoms with Crippen molar-refractivity contribution in [3.63, 3.8) is 0 Å². The molecule has 2 N–H and O–H groups in total. The summed E-state index contributed by atoms with van der Waals surface area (Å²) in [6.45, 7) is 0.933. The Labute approximate surface area is 174 Å². The highest BCUT2D eigenvalue weighted by molar-refractivity contribution is 5.60. The molecule has 0 saturated carbocycles. The van der Waals surface area contributed by atoms with Gasteiger partial charge in [-0.05, 0) is 36.2 Å². The first-order valence-electron chi connectivity index (χ1n) is 9.33. The van der Waals surface area contributed by atoms with Gasteiger partial charge in [-0.15, -0.1) is 0 Å². The van der Waals surface area contributed by atoms with E-state index in [1.807, 2.05) is 24.3 Å². The summed E-state index contributed by atoms with van der Waals surface area (Å²) in [6.07, 6.45) is 4.15. The van der Waals surface area contributed by atoms with Crippen molar-refractivity contribution in [2.75, 3.05) is 31.4 Å². The molecule has 0 aliphatic carbocycles. The van der Waals surface area contributed by atoms with E-state index in [0.29, 0.717) is 36.8 Å². The number of nitrogens with one attached hydrogen (secondary N) is 2. The van der Waals surface area contributed by atoms with Crippen LogP contribution in [0, 0.1) is 10.1 Å². The third kappa shape index (κ3) is 5.34. The number of nitro groups is 1. The molecule has 9 nitrogen and oxygen atoms in total. The molecular formula is C21H23N5O4. The molecule has 1 aromatic carbocycles. The molecular weight excluding hydrogens is 386 g/mol. The molecule has 156 valence electrons. The first-order valence-corrected chi connectivity index (χ1v) is 9.33. The summed E-state index contributed by atoms with van der Waals surface area (Å²) in [5, 5.41) is 17.6. The number of hydrogen-bond donors (Lipinski definition) is 2. The third-order valence-corrected chi connectivity index (χ3v) is 4.45. The van der Waals surface area contributed by atoms with Crippen LogP contribution < -0.4 is 20.1 Å². The van der Waals surface area contributed by atoms with E-state index in [1.165, 1.54) is 6.07 Å². The van der Waals surface area contributed by atoms with Gasteiger partial charge in [0.05, 0.1) is 19.1 Å². The highest BCUT2D eigenvalue weighted by Crippen LogP contribution is 2.27. The van der Waals surface area contributed by atoms with E-state index >= 15 is 0 Å². The maximum absolute atomic E-state index is 11.4. The van der Waals surface area contributed by atoms with Crippen LogP contribution in [0.5, 0.6) is 11.5 Å².